The number of allylic oxidation sites excluding steroid dienone is 3. The minimum atomic E-state index is -0.552. The normalized spacial score (nSPS) is 17.6. The lowest BCUT2D eigenvalue weighted by Gasteiger charge is -2.26. The highest BCUT2D eigenvalue weighted by Crippen LogP contribution is 2.26. The molecule has 7 nitrogen and oxygen atoms in total. The Morgan fingerprint density at radius 2 is 1.88 bits per heavy atom. The highest BCUT2D eigenvalue weighted by Gasteiger charge is 2.47. The molecule has 3 amide bonds. The minimum Gasteiger partial charge on any atom is -0.335 e. The average molecular weight is 460 g/mol. The molecule has 3 aromatic rings. The number of halogens is 1. The van der Waals surface area contributed by atoms with Crippen molar-refractivity contribution in [1.29, 1.82) is 0 Å². The zero-order valence-corrected chi connectivity index (χ0v) is 18.6. The van der Waals surface area contributed by atoms with Crippen molar-refractivity contribution in [2.24, 2.45) is 5.92 Å². The van der Waals surface area contributed by atoms with Gasteiger partial charge in [0.1, 0.15) is 18.2 Å². The standard InChI is InChI=1S/C25H20ClN4O3/c1-16-10-12-17(13-11-16)14-30-24(31)19-7-3-5-9-21(19)29(25(30)32)15-22-27-23(28-33-22)18-6-2-4-8-20(18)26/h2-13,19H,14-15H2,1H3/q+1. The summed E-state index contributed by atoms with van der Waals surface area (Å²) in [5, 5.41) is 4.52. The molecule has 0 saturated carbocycles. The molecule has 2 aromatic carbocycles. The van der Waals surface area contributed by atoms with Gasteiger partial charge in [-0.3, -0.25) is 0 Å². The summed E-state index contributed by atoms with van der Waals surface area (Å²) >= 11 is 6.24. The van der Waals surface area contributed by atoms with E-state index in [-0.39, 0.29) is 24.9 Å². The van der Waals surface area contributed by atoms with Gasteiger partial charge in [0.15, 0.2) is 6.54 Å². The molecule has 1 atom stereocenters. The number of carbonyl (C=O) groups is 2. The molecule has 1 unspecified atom stereocenters. The van der Waals surface area contributed by atoms with E-state index in [0.29, 0.717) is 22.1 Å². The number of amides is 3. The van der Waals surface area contributed by atoms with Gasteiger partial charge in [-0.15, -0.1) is 0 Å². The monoisotopic (exact) mass is 459 g/mol. The van der Waals surface area contributed by atoms with Gasteiger partial charge in [-0.2, -0.15) is 19.3 Å². The Hall–Kier alpha value is -3.84. The average Bonchev–Trinajstić information content (AvgIpc) is 3.29. The highest BCUT2D eigenvalue weighted by molar-refractivity contribution is 6.33. The van der Waals surface area contributed by atoms with Gasteiger partial charge in [-0.25, -0.2) is 4.79 Å². The number of hydrogen-bond acceptors (Lipinski definition) is 5. The first-order chi connectivity index (χ1) is 16.0. The summed E-state index contributed by atoms with van der Waals surface area (Å²) in [5.74, 6) is -0.218. The predicted molar refractivity (Wildman–Crippen MR) is 123 cm³/mol. The SMILES string of the molecule is Cc1ccc(CN2C(=O)C3C=CC=CC3=[N+](Cc3nc(-c4ccccc4Cl)no3)C2=O)cc1. The van der Waals surface area contributed by atoms with Crippen molar-refractivity contribution in [1.82, 2.24) is 15.0 Å². The number of hydrogen-bond donors (Lipinski definition) is 0. The Bertz CT molecular complexity index is 1340. The number of imide groups is 1. The molecule has 0 spiro atoms. The van der Waals surface area contributed by atoms with Crippen molar-refractivity contribution in [3.8, 4) is 11.4 Å². The van der Waals surface area contributed by atoms with Gasteiger partial charge in [0.05, 0.1) is 5.02 Å². The van der Waals surface area contributed by atoms with Gasteiger partial charge in [0.25, 0.3) is 5.89 Å². The zero-order chi connectivity index (χ0) is 22.9. The Morgan fingerprint density at radius 1 is 1.09 bits per heavy atom. The molecule has 1 aliphatic carbocycles. The number of aryl methyl sites for hydroxylation is 1. The van der Waals surface area contributed by atoms with Crippen LogP contribution < -0.4 is 0 Å². The van der Waals surface area contributed by atoms with E-state index in [1.54, 1.807) is 30.4 Å². The zero-order valence-electron chi connectivity index (χ0n) is 17.8. The second-order valence-electron chi connectivity index (χ2n) is 7.92. The molecule has 1 aliphatic heterocycles. The minimum absolute atomic E-state index is 0.0397. The van der Waals surface area contributed by atoms with E-state index in [0.717, 1.165) is 11.1 Å². The highest BCUT2D eigenvalue weighted by atomic mass is 35.5. The Morgan fingerprint density at radius 3 is 2.67 bits per heavy atom. The molecule has 1 aromatic heterocycles. The van der Waals surface area contributed by atoms with E-state index in [1.165, 1.54) is 9.48 Å². The summed E-state index contributed by atoms with van der Waals surface area (Å²) < 4.78 is 6.94. The van der Waals surface area contributed by atoms with Crippen molar-refractivity contribution in [2.45, 2.75) is 20.0 Å². The summed E-state index contributed by atoms with van der Waals surface area (Å²) in [5.41, 5.74) is 3.21. The number of aromatic nitrogens is 2. The summed E-state index contributed by atoms with van der Waals surface area (Å²) in [6, 6.07) is 14.5. The molecule has 2 heterocycles. The van der Waals surface area contributed by atoms with E-state index in [2.05, 4.69) is 10.1 Å². The summed E-state index contributed by atoms with van der Waals surface area (Å²) in [6.07, 6.45) is 7.18. The molecular weight excluding hydrogens is 440 g/mol. The van der Waals surface area contributed by atoms with Crippen LogP contribution in [-0.4, -0.2) is 37.3 Å². The van der Waals surface area contributed by atoms with Gasteiger partial charge in [-0.1, -0.05) is 76.9 Å². The lowest BCUT2D eigenvalue weighted by molar-refractivity contribution is -0.460. The lowest BCUT2D eigenvalue weighted by atomic mass is 9.94. The van der Waals surface area contributed by atoms with Crippen LogP contribution in [0.1, 0.15) is 17.0 Å². The maximum absolute atomic E-state index is 13.4. The first kappa shape index (κ1) is 21.0. The quantitative estimate of drug-likeness (QED) is 0.523. The summed E-state index contributed by atoms with van der Waals surface area (Å²) in [6.45, 7) is 2.22. The van der Waals surface area contributed by atoms with Crippen LogP contribution in [0.3, 0.4) is 0 Å². The van der Waals surface area contributed by atoms with Crippen molar-refractivity contribution < 1.29 is 18.7 Å². The van der Waals surface area contributed by atoms with Crippen molar-refractivity contribution in [2.75, 3.05) is 0 Å². The van der Waals surface area contributed by atoms with Crippen LogP contribution in [0.25, 0.3) is 11.4 Å². The van der Waals surface area contributed by atoms with E-state index in [1.807, 2.05) is 49.4 Å². The number of benzene rings is 2. The fourth-order valence-corrected chi connectivity index (χ4v) is 4.12. The smallest absolute Gasteiger partial charge is 0.335 e. The Labute approximate surface area is 195 Å². The maximum atomic E-state index is 13.4. The van der Waals surface area contributed by atoms with E-state index < -0.39 is 11.9 Å². The van der Waals surface area contributed by atoms with Crippen LogP contribution in [0.5, 0.6) is 0 Å². The molecule has 0 bridgehead atoms. The van der Waals surface area contributed by atoms with Crippen LogP contribution in [-0.2, 0) is 17.9 Å². The van der Waals surface area contributed by atoms with Gasteiger partial charge >= 0.3 is 11.9 Å². The van der Waals surface area contributed by atoms with Gasteiger partial charge in [-0.05, 0) is 30.7 Å². The largest absolute Gasteiger partial charge is 0.501 e. The summed E-state index contributed by atoms with van der Waals surface area (Å²) in [7, 11) is 0. The molecule has 164 valence electrons. The van der Waals surface area contributed by atoms with E-state index in [4.69, 9.17) is 16.1 Å². The molecule has 2 aliphatic rings. The molecule has 0 fully saturated rings. The number of nitrogens with zero attached hydrogens (tertiary/aromatic N) is 4. The topological polar surface area (TPSA) is 79.3 Å². The molecule has 0 saturated heterocycles. The second-order valence-corrected chi connectivity index (χ2v) is 8.32. The second kappa shape index (κ2) is 8.60. The summed E-state index contributed by atoms with van der Waals surface area (Å²) in [4.78, 5) is 32.3. The molecule has 0 N–H and O–H groups in total. The van der Waals surface area contributed by atoms with Crippen LogP contribution in [0, 0.1) is 12.8 Å². The van der Waals surface area contributed by atoms with Crippen LogP contribution in [0.2, 0.25) is 5.02 Å². The molecule has 8 heteroatoms. The lowest BCUT2D eigenvalue weighted by Crippen LogP contribution is -2.53. The number of carbonyl (C=O) groups excluding carboxylic acids is 2. The first-order valence-corrected chi connectivity index (χ1v) is 10.9. The molecule has 33 heavy (non-hydrogen) atoms. The Balaban J connectivity index is 1.47. The third kappa shape index (κ3) is 4.03. The van der Waals surface area contributed by atoms with Crippen LogP contribution in [0.15, 0.2) is 77.4 Å². The van der Waals surface area contributed by atoms with Crippen LogP contribution in [0.4, 0.5) is 4.79 Å². The predicted octanol–water partition coefficient (Wildman–Crippen LogP) is 4.56. The number of fused-ring (bicyclic) bond motifs is 1. The molecule has 5 rings (SSSR count). The number of rotatable bonds is 5. The van der Waals surface area contributed by atoms with E-state index >= 15 is 0 Å². The maximum Gasteiger partial charge on any atom is 0.501 e. The molecule has 0 radical (unpaired) electrons. The van der Waals surface area contributed by atoms with E-state index in [9.17, 15) is 9.59 Å². The number of urea groups is 1. The van der Waals surface area contributed by atoms with Crippen molar-refractivity contribution in [3.05, 3.63) is 94.9 Å². The Kier molecular flexibility index (Phi) is 5.48. The third-order valence-corrected chi connectivity index (χ3v) is 5.97. The van der Waals surface area contributed by atoms with Crippen LogP contribution >= 0.6 is 11.6 Å². The van der Waals surface area contributed by atoms with Gasteiger partial charge in [0, 0.05) is 5.56 Å². The van der Waals surface area contributed by atoms with Crippen molar-refractivity contribution in [3.63, 3.8) is 0 Å². The van der Waals surface area contributed by atoms with Crippen molar-refractivity contribution >= 4 is 29.3 Å². The fraction of sp³-hybridized carbons (Fsp3) is 0.160. The molecular formula is C25H20ClN4O3+. The fourth-order valence-electron chi connectivity index (χ4n) is 3.90. The van der Waals surface area contributed by atoms with Gasteiger partial charge < -0.3 is 4.52 Å². The van der Waals surface area contributed by atoms with Gasteiger partial charge in [0.2, 0.25) is 5.82 Å². The third-order valence-electron chi connectivity index (χ3n) is 5.64. The first-order valence-electron chi connectivity index (χ1n) is 10.5.